The number of aryl methyl sites for hydroxylation is 1. The van der Waals surface area contributed by atoms with Crippen LogP contribution in [0.4, 0.5) is 4.39 Å². The van der Waals surface area contributed by atoms with Gasteiger partial charge in [0.2, 0.25) is 0 Å². The third-order valence-electron chi connectivity index (χ3n) is 4.79. The molecule has 1 saturated carbocycles. The molecule has 1 amide bonds. The highest BCUT2D eigenvalue weighted by Crippen LogP contribution is 2.24. The number of benzene rings is 1. The number of hydrogen-bond acceptors (Lipinski definition) is 2. The second kappa shape index (κ2) is 6.14. The molecule has 3 nitrogen and oxygen atoms in total. The van der Waals surface area contributed by atoms with Gasteiger partial charge in [0, 0.05) is 32.2 Å². The zero-order chi connectivity index (χ0) is 14.8. The van der Waals surface area contributed by atoms with Crippen LogP contribution in [0.5, 0.6) is 0 Å². The minimum absolute atomic E-state index is 0.165. The van der Waals surface area contributed by atoms with Gasteiger partial charge in [0.1, 0.15) is 5.82 Å². The highest BCUT2D eigenvalue weighted by molar-refractivity contribution is 5.94. The molecule has 0 N–H and O–H groups in total. The molecule has 21 heavy (non-hydrogen) atoms. The molecule has 0 spiro atoms. The summed E-state index contributed by atoms with van der Waals surface area (Å²) >= 11 is 0. The maximum atomic E-state index is 13.8. The summed E-state index contributed by atoms with van der Waals surface area (Å²) in [6.07, 6.45) is 5.25. The van der Waals surface area contributed by atoms with Crippen LogP contribution in [-0.4, -0.2) is 47.9 Å². The van der Waals surface area contributed by atoms with Gasteiger partial charge in [0.15, 0.2) is 0 Å². The highest BCUT2D eigenvalue weighted by atomic mass is 19.1. The first-order chi connectivity index (χ1) is 10.1. The zero-order valence-corrected chi connectivity index (χ0v) is 12.6. The molecule has 1 saturated heterocycles. The lowest BCUT2D eigenvalue weighted by atomic mass is 10.1. The van der Waals surface area contributed by atoms with Gasteiger partial charge in [-0.3, -0.25) is 9.69 Å². The van der Waals surface area contributed by atoms with Gasteiger partial charge in [-0.05, 0) is 31.9 Å². The summed E-state index contributed by atoms with van der Waals surface area (Å²) in [6.45, 7) is 5.15. The van der Waals surface area contributed by atoms with Crippen molar-refractivity contribution in [3.63, 3.8) is 0 Å². The largest absolute Gasteiger partial charge is 0.336 e. The molecule has 1 aromatic carbocycles. The Kier molecular flexibility index (Phi) is 4.24. The van der Waals surface area contributed by atoms with E-state index in [-0.39, 0.29) is 11.5 Å². The lowest BCUT2D eigenvalue weighted by Crippen LogP contribution is -2.51. The second-order valence-corrected chi connectivity index (χ2v) is 6.25. The average Bonchev–Trinajstić information content (AvgIpc) is 3.03. The van der Waals surface area contributed by atoms with E-state index in [1.165, 1.54) is 31.7 Å². The number of halogens is 1. The standard InChI is InChI=1S/C17H23FN2O/c1-13-6-7-16(18)15(12-13)17(21)20-10-8-19(9-11-20)14-4-2-3-5-14/h6-7,12,14H,2-5,8-11H2,1H3. The summed E-state index contributed by atoms with van der Waals surface area (Å²) in [7, 11) is 0. The van der Waals surface area contributed by atoms with Gasteiger partial charge in [-0.1, -0.05) is 24.5 Å². The molecule has 1 heterocycles. The van der Waals surface area contributed by atoms with Crippen molar-refractivity contribution in [2.24, 2.45) is 0 Å². The molecule has 0 bridgehead atoms. The van der Waals surface area contributed by atoms with Crippen molar-refractivity contribution in [2.45, 2.75) is 38.6 Å². The van der Waals surface area contributed by atoms with Crippen molar-refractivity contribution < 1.29 is 9.18 Å². The van der Waals surface area contributed by atoms with Crippen molar-refractivity contribution in [3.05, 3.63) is 35.1 Å². The quantitative estimate of drug-likeness (QED) is 0.836. The Morgan fingerprint density at radius 2 is 1.81 bits per heavy atom. The molecule has 0 aromatic heterocycles. The van der Waals surface area contributed by atoms with Gasteiger partial charge < -0.3 is 4.90 Å². The van der Waals surface area contributed by atoms with Crippen molar-refractivity contribution in [1.82, 2.24) is 9.80 Å². The summed E-state index contributed by atoms with van der Waals surface area (Å²) < 4.78 is 13.8. The average molecular weight is 290 g/mol. The number of amides is 1. The van der Waals surface area contributed by atoms with Crippen molar-refractivity contribution in [2.75, 3.05) is 26.2 Å². The van der Waals surface area contributed by atoms with E-state index in [9.17, 15) is 9.18 Å². The number of nitrogens with zero attached hydrogens (tertiary/aromatic N) is 2. The Hall–Kier alpha value is -1.42. The molecule has 0 radical (unpaired) electrons. The minimum Gasteiger partial charge on any atom is -0.336 e. The molecule has 4 heteroatoms. The van der Waals surface area contributed by atoms with Gasteiger partial charge in [-0.2, -0.15) is 0 Å². The molecule has 0 atom stereocenters. The van der Waals surface area contributed by atoms with Gasteiger partial charge in [-0.25, -0.2) is 4.39 Å². The Morgan fingerprint density at radius 1 is 1.14 bits per heavy atom. The van der Waals surface area contributed by atoms with Crippen molar-refractivity contribution in [1.29, 1.82) is 0 Å². The highest BCUT2D eigenvalue weighted by Gasteiger charge is 2.28. The minimum atomic E-state index is -0.413. The molecule has 1 aliphatic heterocycles. The van der Waals surface area contributed by atoms with Crippen LogP contribution in [0.25, 0.3) is 0 Å². The Morgan fingerprint density at radius 3 is 2.48 bits per heavy atom. The van der Waals surface area contributed by atoms with E-state index < -0.39 is 5.82 Å². The van der Waals surface area contributed by atoms with Crippen LogP contribution in [0.2, 0.25) is 0 Å². The fourth-order valence-electron chi connectivity index (χ4n) is 3.53. The van der Waals surface area contributed by atoms with E-state index in [4.69, 9.17) is 0 Å². The first kappa shape index (κ1) is 14.5. The summed E-state index contributed by atoms with van der Waals surface area (Å²) in [4.78, 5) is 16.8. The summed E-state index contributed by atoms with van der Waals surface area (Å²) in [5.41, 5.74) is 1.13. The van der Waals surface area contributed by atoms with E-state index >= 15 is 0 Å². The van der Waals surface area contributed by atoms with E-state index in [1.807, 2.05) is 6.92 Å². The van der Waals surface area contributed by atoms with E-state index in [1.54, 1.807) is 17.0 Å². The van der Waals surface area contributed by atoms with Gasteiger partial charge >= 0.3 is 0 Å². The third kappa shape index (κ3) is 3.10. The summed E-state index contributed by atoms with van der Waals surface area (Å²) in [5, 5.41) is 0. The normalized spacial score (nSPS) is 21.0. The topological polar surface area (TPSA) is 23.6 Å². The third-order valence-corrected chi connectivity index (χ3v) is 4.79. The van der Waals surface area contributed by atoms with Crippen molar-refractivity contribution in [3.8, 4) is 0 Å². The van der Waals surface area contributed by atoms with Gasteiger partial charge in [0.25, 0.3) is 5.91 Å². The van der Waals surface area contributed by atoms with Crippen LogP contribution in [-0.2, 0) is 0 Å². The Labute approximate surface area is 125 Å². The Balaban J connectivity index is 1.63. The van der Waals surface area contributed by atoms with E-state index in [0.29, 0.717) is 19.1 Å². The van der Waals surface area contributed by atoms with Crippen LogP contribution in [0.1, 0.15) is 41.6 Å². The fourth-order valence-corrected chi connectivity index (χ4v) is 3.53. The molecule has 2 fully saturated rings. The zero-order valence-electron chi connectivity index (χ0n) is 12.6. The summed E-state index contributed by atoms with van der Waals surface area (Å²) in [5.74, 6) is -0.578. The predicted octanol–water partition coefficient (Wildman–Crippen LogP) is 2.83. The van der Waals surface area contributed by atoms with E-state index in [2.05, 4.69) is 4.90 Å². The molecule has 1 aromatic rings. The second-order valence-electron chi connectivity index (χ2n) is 6.25. The molecule has 2 aliphatic rings. The maximum absolute atomic E-state index is 13.8. The van der Waals surface area contributed by atoms with Crippen LogP contribution in [0.15, 0.2) is 18.2 Å². The smallest absolute Gasteiger partial charge is 0.256 e. The first-order valence-corrected chi connectivity index (χ1v) is 7.94. The molecular formula is C17H23FN2O. The first-order valence-electron chi connectivity index (χ1n) is 7.94. The molecule has 0 unspecified atom stereocenters. The summed E-state index contributed by atoms with van der Waals surface area (Å²) in [6, 6.07) is 5.45. The number of carbonyl (C=O) groups excluding carboxylic acids is 1. The van der Waals surface area contributed by atoms with Crippen LogP contribution >= 0.6 is 0 Å². The van der Waals surface area contributed by atoms with E-state index in [0.717, 1.165) is 18.7 Å². The van der Waals surface area contributed by atoms with Crippen LogP contribution in [0.3, 0.4) is 0 Å². The lowest BCUT2D eigenvalue weighted by Gasteiger charge is -2.38. The number of piperazine rings is 1. The predicted molar refractivity (Wildman–Crippen MR) is 80.9 cm³/mol. The lowest BCUT2D eigenvalue weighted by molar-refractivity contribution is 0.0569. The fraction of sp³-hybridized carbons (Fsp3) is 0.588. The number of rotatable bonds is 2. The molecular weight excluding hydrogens is 267 g/mol. The SMILES string of the molecule is Cc1ccc(F)c(C(=O)N2CCN(C3CCCC3)CC2)c1. The molecule has 1 aliphatic carbocycles. The molecule has 114 valence electrons. The number of carbonyl (C=O) groups is 1. The maximum Gasteiger partial charge on any atom is 0.256 e. The molecule has 3 rings (SSSR count). The van der Waals surface area contributed by atoms with Gasteiger partial charge in [0.05, 0.1) is 5.56 Å². The Bertz CT molecular complexity index is 518. The van der Waals surface area contributed by atoms with Crippen LogP contribution in [0, 0.1) is 12.7 Å². The number of hydrogen-bond donors (Lipinski definition) is 0. The van der Waals surface area contributed by atoms with Crippen LogP contribution < -0.4 is 0 Å². The van der Waals surface area contributed by atoms with Crippen molar-refractivity contribution >= 4 is 5.91 Å². The van der Waals surface area contributed by atoms with Gasteiger partial charge in [-0.15, -0.1) is 0 Å². The monoisotopic (exact) mass is 290 g/mol.